The van der Waals surface area contributed by atoms with Crippen LogP contribution in [-0.2, 0) is 21.9 Å². The van der Waals surface area contributed by atoms with Gasteiger partial charge >= 0.3 is 0 Å². The van der Waals surface area contributed by atoms with E-state index in [-0.39, 0.29) is 5.41 Å². The molecule has 1 saturated heterocycles. The van der Waals surface area contributed by atoms with E-state index in [1.807, 2.05) is 0 Å². The third-order valence-corrected chi connectivity index (χ3v) is 5.34. The predicted molar refractivity (Wildman–Crippen MR) is 83.6 cm³/mol. The molecule has 118 valence electrons. The second kappa shape index (κ2) is 6.01. The lowest BCUT2D eigenvalue weighted by Crippen LogP contribution is -2.38. The van der Waals surface area contributed by atoms with E-state index >= 15 is 0 Å². The average molecular weight is 311 g/mol. The molecule has 1 aromatic rings. The minimum absolute atomic E-state index is 0.0251. The summed E-state index contributed by atoms with van der Waals surface area (Å²) in [6, 6.07) is 2.09. The smallest absolute Gasteiger partial charge is 0.211 e. The van der Waals surface area contributed by atoms with Crippen molar-refractivity contribution in [2.24, 2.45) is 5.92 Å². The highest BCUT2D eigenvalue weighted by molar-refractivity contribution is 7.88. The molecule has 1 aliphatic heterocycles. The molecule has 0 aromatic carbocycles. The molecule has 1 fully saturated rings. The summed E-state index contributed by atoms with van der Waals surface area (Å²) < 4.78 is 24.6. The van der Waals surface area contributed by atoms with Crippen molar-refractivity contribution in [2.45, 2.75) is 45.4 Å². The molecule has 0 aliphatic carbocycles. The van der Waals surface area contributed by atoms with E-state index < -0.39 is 10.0 Å². The number of hydrogen-bond donors (Lipinski definition) is 0. The molecule has 0 amide bonds. The summed E-state index contributed by atoms with van der Waals surface area (Å²) in [6.07, 6.45) is 5.64. The normalized spacial score (nSPS) is 18.9. The van der Waals surface area contributed by atoms with Crippen molar-refractivity contribution in [3.63, 3.8) is 0 Å². The highest BCUT2D eigenvalue weighted by Crippen LogP contribution is 2.24. The largest absolute Gasteiger partial charge is 0.241 e. The zero-order valence-corrected chi connectivity index (χ0v) is 14.2. The molecular formula is C15H25N3O2S. The molecule has 5 nitrogen and oxygen atoms in total. The van der Waals surface area contributed by atoms with E-state index in [0.717, 1.165) is 30.7 Å². The summed E-state index contributed by atoms with van der Waals surface area (Å²) in [4.78, 5) is 8.72. The van der Waals surface area contributed by atoms with Crippen LogP contribution in [0.25, 0.3) is 0 Å². The Bertz CT molecular complexity index is 585. The minimum atomic E-state index is -3.04. The van der Waals surface area contributed by atoms with Gasteiger partial charge < -0.3 is 0 Å². The minimum Gasteiger partial charge on any atom is -0.241 e. The van der Waals surface area contributed by atoms with E-state index in [1.54, 1.807) is 10.6 Å². The van der Waals surface area contributed by atoms with Gasteiger partial charge in [-0.15, -0.1) is 0 Å². The quantitative estimate of drug-likeness (QED) is 0.856. The number of hydrogen-bond acceptors (Lipinski definition) is 4. The molecule has 1 aliphatic rings. The standard InChI is InChI=1S/C15H25N3O2S/c1-15(2,3)14-10-13(16-11-17-14)9-12-5-7-18(8-6-12)21(4,19)20/h10-12H,5-9H2,1-4H3. The Morgan fingerprint density at radius 1 is 1.24 bits per heavy atom. The summed E-state index contributed by atoms with van der Waals surface area (Å²) >= 11 is 0. The first-order valence-corrected chi connectivity index (χ1v) is 9.27. The van der Waals surface area contributed by atoms with Gasteiger partial charge in [-0.1, -0.05) is 20.8 Å². The van der Waals surface area contributed by atoms with Crippen LogP contribution in [-0.4, -0.2) is 42.0 Å². The van der Waals surface area contributed by atoms with Gasteiger partial charge in [0.2, 0.25) is 10.0 Å². The number of piperidine rings is 1. The lowest BCUT2D eigenvalue weighted by molar-refractivity contribution is 0.273. The summed E-state index contributed by atoms with van der Waals surface area (Å²) in [5.74, 6) is 0.505. The van der Waals surface area contributed by atoms with Crippen LogP contribution in [0.5, 0.6) is 0 Å². The van der Waals surface area contributed by atoms with Crippen molar-refractivity contribution in [1.29, 1.82) is 0 Å². The van der Waals surface area contributed by atoms with Crippen molar-refractivity contribution in [1.82, 2.24) is 14.3 Å². The number of rotatable bonds is 3. The van der Waals surface area contributed by atoms with Gasteiger partial charge in [-0.3, -0.25) is 0 Å². The molecule has 0 saturated carbocycles. The molecule has 0 spiro atoms. The maximum atomic E-state index is 11.5. The van der Waals surface area contributed by atoms with Crippen LogP contribution in [0, 0.1) is 5.92 Å². The fraction of sp³-hybridized carbons (Fsp3) is 0.733. The van der Waals surface area contributed by atoms with Gasteiger partial charge in [0.15, 0.2) is 0 Å². The summed E-state index contributed by atoms with van der Waals surface area (Å²) in [6.45, 7) is 7.68. The van der Waals surface area contributed by atoms with E-state index in [2.05, 4.69) is 36.8 Å². The van der Waals surface area contributed by atoms with Gasteiger partial charge in [0, 0.05) is 29.9 Å². The van der Waals surface area contributed by atoms with Crippen LogP contribution in [0.4, 0.5) is 0 Å². The Morgan fingerprint density at radius 2 is 1.86 bits per heavy atom. The highest BCUT2D eigenvalue weighted by Gasteiger charge is 2.25. The Balaban J connectivity index is 1.98. The summed E-state index contributed by atoms with van der Waals surface area (Å²) in [5, 5.41) is 0. The van der Waals surface area contributed by atoms with E-state index in [1.165, 1.54) is 6.26 Å². The fourth-order valence-electron chi connectivity index (χ4n) is 2.66. The highest BCUT2D eigenvalue weighted by atomic mass is 32.2. The molecule has 2 rings (SSSR count). The Morgan fingerprint density at radius 3 is 2.38 bits per heavy atom. The average Bonchev–Trinajstić information content (AvgIpc) is 2.37. The maximum Gasteiger partial charge on any atom is 0.211 e. The Kier molecular flexibility index (Phi) is 4.68. The first-order chi connectivity index (χ1) is 9.66. The first kappa shape index (κ1) is 16.4. The second-order valence-corrected chi connectivity index (χ2v) is 8.94. The van der Waals surface area contributed by atoms with Gasteiger partial charge in [0.05, 0.1) is 6.26 Å². The van der Waals surface area contributed by atoms with Crippen LogP contribution in [0.2, 0.25) is 0 Å². The monoisotopic (exact) mass is 311 g/mol. The van der Waals surface area contributed by atoms with Gasteiger partial charge in [0.25, 0.3) is 0 Å². The number of aromatic nitrogens is 2. The van der Waals surface area contributed by atoms with Crippen molar-refractivity contribution in [3.8, 4) is 0 Å². The maximum absolute atomic E-state index is 11.5. The lowest BCUT2D eigenvalue weighted by atomic mass is 9.89. The van der Waals surface area contributed by atoms with Crippen molar-refractivity contribution in [2.75, 3.05) is 19.3 Å². The van der Waals surface area contributed by atoms with Crippen LogP contribution in [0.1, 0.15) is 45.0 Å². The van der Waals surface area contributed by atoms with Gasteiger partial charge in [-0.05, 0) is 31.2 Å². The zero-order chi connectivity index (χ0) is 15.7. The predicted octanol–water partition coefficient (Wildman–Crippen LogP) is 1.99. The molecule has 1 aromatic heterocycles. The fourth-order valence-corrected chi connectivity index (χ4v) is 3.53. The topological polar surface area (TPSA) is 63.2 Å². The second-order valence-electron chi connectivity index (χ2n) is 6.95. The van der Waals surface area contributed by atoms with Gasteiger partial charge in [-0.25, -0.2) is 22.7 Å². The molecule has 2 heterocycles. The molecule has 0 radical (unpaired) electrons. The summed E-state index contributed by atoms with van der Waals surface area (Å²) in [7, 11) is -3.04. The van der Waals surface area contributed by atoms with Crippen LogP contribution >= 0.6 is 0 Å². The first-order valence-electron chi connectivity index (χ1n) is 7.43. The molecule has 6 heteroatoms. The lowest BCUT2D eigenvalue weighted by Gasteiger charge is -2.30. The van der Waals surface area contributed by atoms with Gasteiger partial charge in [0.1, 0.15) is 6.33 Å². The van der Waals surface area contributed by atoms with E-state index in [9.17, 15) is 8.42 Å². The molecule has 0 atom stereocenters. The van der Waals surface area contributed by atoms with E-state index in [4.69, 9.17) is 0 Å². The SMILES string of the molecule is CC(C)(C)c1cc(CC2CCN(S(C)(=O)=O)CC2)ncn1. The molecule has 0 bridgehead atoms. The summed E-state index contributed by atoms with van der Waals surface area (Å²) in [5.41, 5.74) is 2.14. The van der Waals surface area contributed by atoms with Crippen LogP contribution < -0.4 is 0 Å². The van der Waals surface area contributed by atoms with Crippen molar-refractivity contribution in [3.05, 3.63) is 23.8 Å². The molecular weight excluding hydrogens is 286 g/mol. The Hall–Kier alpha value is -1.01. The van der Waals surface area contributed by atoms with Crippen LogP contribution in [0.15, 0.2) is 12.4 Å². The number of nitrogens with zero attached hydrogens (tertiary/aromatic N) is 3. The van der Waals surface area contributed by atoms with Crippen molar-refractivity contribution < 1.29 is 8.42 Å². The van der Waals surface area contributed by atoms with Crippen LogP contribution in [0.3, 0.4) is 0 Å². The Labute approximate surface area is 127 Å². The molecule has 0 N–H and O–H groups in total. The third-order valence-electron chi connectivity index (χ3n) is 4.03. The van der Waals surface area contributed by atoms with Gasteiger partial charge in [-0.2, -0.15) is 0 Å². The van der Waals surface area contributed by atoms with Crippen molar-refractivity contribution >= 4 is 10.0 Å². The number of sulfonamides is 1. The molecule has 0 unspecified atom stereocenters. The molecule has 21 heavy (non-hydrogen) atoms. The third kappa shape index (κ3) is 4.48. The van der Waals surface area contributed by atoms with E-state index in [0.29, 0.717) is 19.0 Å². The zero-order valence-electron chi connectivity index (χ0n) is 13.3.